The van der Waals surface area contributed by atoms with Gasteiger partial charge >= 0.3 is 0 Å². The maximum Gasteiger partial charge on any atom is 0.168 e. The molecule has 74 valence electrons. The topological polar surface area (TPSA) is 43.4 Å². The van der Waals surface area contributed by atoms with Crippen LogP contribution in [0.15, 0.2) is 0 Å². The van der Waals surface area contributed by atoms with Crippen molar-refractivity contribution < 1.29 is 14.3 Å². The van der Waals surface area contributed by atoms with Crippen molar-refractivity contribution in [3.8, 4) is 0 Å². The molecule has 3 nitrogen and oxygen atoms in total. The summed E-state index contributed by atoms with van der Waals surface area (Å²) < 4.78 is 5.19. The average molecular weight is 184 g/mol. The van der Waals surface area contributed by atoms with Gasteiger partial charge < -0.3 is 4.74 Å². The van der Waals surface area contributed by atoms with Gasteiger partial charge in [-0.1, -0.05) is 13.8 Å². The lowest BCUT2D eigenvalue weighted by molar-refractivity contribution is -0.133. The van der Waals surface area contributed by atoms with Gasteiger partial charge in [0.1, 0.15) is 11.9 Å². The molecule has 1 fully saturated rings. The molecular weight excluding hydrogens is 168 g/mol. The van der Waals surface area contributed by atoms with Crippen molar-refractivity contribution >= 4 is 11.6 Å². The van der Waals surface area contributed by atoms with Crippen molar-refractivity contribution in [3.05, 3.63) is 0 Å². The minimum Gasteiger partial charge on any atom is -0.370 e. The lowest BCUT2D eigenvalue weighted by Gasteiger charge is -2.08. The van der Waals surface area contributed by atoms with Gasteiger partial charge in [-0.25, -0.2) is 0 Å². The Morgan fingerprint density at radius 2 is 2.15 bits per heavy atom. The molecule has 1 aliphatic heterocycles. The molecule has 1 atom stereocenters. The molecule has 0 amide bonds. The Kier molecular flexibility index (Phi) is 3.60. The van der Waals surface area contributed by atoms with E-state index in [9.17, 15) is 9.59 Å². The Balaban J connectivity index is 2.36. The minimum absolute atomic E-state index is 0.0144. The fraction of sp³-hybridized carbons (Fsp3) is 0.800. The summed E-state index contributed by atoms with van der Waals surface area (Å²) in [6.45, 7) is 4.28. The summed E-state index contributed by atoms with van der Waals surface area (Å²) in [5, 5.41) is 0. The maximum atomic E-state index is 11.4. The van der Waals surface area contributed by atoms with E-state index in [1.807, 2.05) is 13.8 Å². The number of ketones is 2. The third-order valence-corrected chi connectivity index (χ3v) is 2.28. The number of hydrogen-bond donors (Lipinski definition) is 0. The Hall–Kier alpha value is -0.700. The molecule has 1 rings (SSSR count). The SMILES string of the molecule is CC(C)C(=O)CC(=O)C1CCCO1. The second kappa shape index (κ2) is 4.51. The third kappa shape index (κ3) is 2.92. The standard InChI is InChI=1S/C10H16O3/c1-7(2)8(11)6-9(12)10-4-3-5-13-10/h7,10H,3-6H2,1-2H3. The van der Waals surface area contributed by atoms with E-state index in [-0.39, 0.29) is 30.0 Å². The molecular formula is C10H16O3. The molecule has 13 heavy (non-hydrogen) atoms. The highest BCUT2D eigenvalue weighted by molar-refractivity contribution is 6.01. The van der Waals surface area contributed by atoms with Crippen molar-refractivity contribution in [1.82, 2.24) is 0 Å². The van der Waals surface area contributed by atoms with E-state index in [0.717, 1.165) is 12.8 Å². The van der Waals surface area contributed by atoms with Gasteiger partial charge in [0.15, 0.2) is 5.78 Å². The van der Waals surface area contributed by atoms with E-state index in [0.29, 0.717) is 6.61 Å². The van der Waals surface area contributed by atoms with Crippen LogP contribution in [0.5, 0.6) is 0 Å². The van der Waals surface area contributed by atoms with Crippen LogP contribution in [0, 0.1) is 5.92 Å². The molecule has 1 aliphatic rings. The molecule has 1 unspecified atom stereocenters. The van der Waals surface area contributed by atoms with Gasteiger partial charge in [-0.3, -0.25) is 9.59 Å². The highest BCUT2D eigenvalue weighted by atomic mass is 16.5. The highest BCUT2D eigenvalue weighted by Crippen LogP contribution is 2.15. The first-order valence-electron chi connectivity index (χ1n) is 4.78. The Labute approximate surface area is 78.5 Å². The summed E-state index contributed by atoms with van der Waals surface area (Å²) in [4.78, 5) is 22.6. The molecule has 0 aliphatic carbocycles. The molecule has 0 aromatic heterocycles. The fourth-order valence-electron chi connectivity index (χ4n) is 1.32. The summed E-state index contributed by atoms with van der Waals surface area (Å²) in [7, 11) is 0. The fourth-order valence-corrected chi connectivity index (χ4v) is 1.32. The van der Waals surface area contributed by atoms with Crippen LogP contribution < -0.4 is 0 Å². The van der Waals surface area contributed by atoms with Gasteiger partial charge in [-0.05, 0) is 12.8 Å². The summed E-state index contributed by atoms with van der Waals surface area (Å²) >= 11 is 0. The smallest absolute Gasteiger partial charge is 0.168 e. The van der Waals surface area contributed by atoms with Gasteiger partial charge in [0.2, 0.25) is 0 Å². The quantitative estimate of drug-likeness (QED) is 0.619. The second-order valence-electron chi connectivity index (χ2n) is 3.77. The number of rotatable bonds is 4. The monoisotopic (exact) mass is 184 g/mol. The van der Waals surface area contributed by atoms with Crippen LogP contribution in [-0.4, -0.2) is 24.3 Å². The number of Topliss-reactive ketones (excluding diaryl/α,β-unsaturated/α-hetero) is 2. The normalized spacial score (nSPS) is 22.2. The van der Waals surface area contributed by atoms with Gasteiger partial charge in [-0.15, -0.1) is 0 Å². The zero-order valence-corrected chi connectivity index (χ0v) is 8.21. The van der Waals surface area contributed by atoms with Crippen LogP contribution in [0.3, 0.4) is 0 Å². The molecule has 0 N–H and O–H groups in total. The van der Waals surface area contributed by atoms with Gasteiger partial charge in [0, 0.05) is 12.5 Å². The second-order valence-corrected chi connectivity index (χ2v) is 3.77. The van der Waals surface area contributed by atoms with E-state index in [1.54, 1.807) is 0 Å². The molecule has 0 saturated carbocycles. The van der Waals surface area contributed by atoms with E-state index in [4.69, 9.17) is 4.74 Å². The molecule has 1 saturated heterocycles. The first-order chi connectivity index (χ1) is 6.11. The molecule has 0 aromatic rings. The Bertz CT molecular complexity index is 202. The predicted octanol–water partition coefficient (Wildman–Crippen LogP) is 1.35. The third-order valence-electron chi connectivity index (χ3n) is 2.28. The zero-order valence-electron chi connectivity index (χ0n) is 8.21. The van der Waals surface area contributed by atoms with Crippen molar-refractivity contribution in [2.45, 2.75) is 39.2 Å². The van der Waals surface area contributed by atoms with Crippen LogP contribution in [0.1, 0.15) is 33.1 Å². The molecule has 1 heterocycles. The molecule has 0 spiro atoms. The van der Waals surface area contributed by atoms with Gasteiger partial charge in [0.25, 0.3) is 0 Å². The number of ether oxygens (including phenoxy) is 1. The summed E-state index contributed by atoms with van der Waals surface area (Å²) in [5.41, 5.74) is 0. The Morgan fingerprint density at radius 3 is 2.62 bits per heavy atom. The number of carbonyl (C=O) groups is 2. The van der Waals surface area contributed by atoms with Crippen LogP contribution >= 0.6 is 0 Å². The highest BCUT2D eigenvalue weighted by Gasteiger charge is 2.25. The predicted molar refractivity (Wildman–Crippen MR) is 48.4 cm³/mol. The zero-order chi connectivity index (χ0) is 9.84. The van der Waals surface area contributed by atoms with E-state index < -0.39 is 0 Å². The average Bonchev–Trinajstić information content (AvgIpc) is 2.55. The van der Waals surface area contributed by atoms with Crippen LogP contribution in [0.25, 0.3) is 0 Å². The van der Waals surface area contributed by atoms with Crippen molar-refractivity contribution in [2.24, 2.45) is 5.92 Å². The number of hydrogen-bond acceptors (Lipinski definition) is 3. The summed E-state index contributed by atoms with van der Waals surface area (Å²) in [6.07, 6.45) is 1.46. The van der Waals surface area contributed by atoms with Gasteiger partial charge in [-0.2, -0.15) is 0 Å². The molecule has 0 radical (unpaired) electrons. The summed E-state index contributed by atoms with van der Waals surface area (Å²) in [5.74, 6) is -0.0814. The van der Waals surface area contributed by atoms with E-state index >= 15 is 0 Å². The van der Waals surface area contributed by atoms with Crippen molar-refractivity contribution in [3.63, 3.8) is 0 Å². The Morgan fingerprint density at radius 1 is 1.46 bits per heavy atom. The van der Waals surface area contributed by atoms with E-state index in [1.165, 1.54) is 0 Å². The van der Waals surface area contributed by atoms with Gasteiger partial charge in [0.05, 0.1) is 6.42 Å². The lowest BCUT2D eigenvalue weighted by atomic mass is 10.0. The largest absolute Gasteiger partial charge is 0.370 e. The van der Waals surface area contributed by atoms with Crippen LogP contribution in [0.2, 0.25) is 0 Å². The lowest BCUT2D eigenvalue weighted by Crippen LogP contribution is -2.24. The minimum atomic E-state index is -0.303. The first-order valence-corrected chi connectivity index (χ1v) is 4.78. The van der Waals surface area contributed by atoms with Crippen molar-refractivity contribution in [1.29, 1.82) is 0 Å². The molecule has 3 heteroatoms. The molecule has 0 bridgehead atoms. The van der Waals surface area contributed by atoms with Crippen LogP contribution in [-0.2, 0) is 14.3 Å². The number of carbonyl (C=O) groups excluding carboxylic acids is 2. The van der Waals surface area contributed by atoms with E-state index in [2.05, 4.69) is 0 Å². The first kappa shape index (κ1) is 10.4. The van der Waals surface area contributed by atoms with Crippen LogP contribution in [0.4, 0.5) is 0 Å². The molecule has 0 aromatic carbocycles. The van der Waals surface area contributed by atoms with Crippen molar-refractivity contribution in [2.75, 3.05) is 6.61 Å². The maximum absolute atomic E-state index is 11.4. The summed E-state index contributed by atoms with van der Waals surface area (Å²) in [6, 6.07) is 0.